The van der Waals surface area contributed by atoms with E-state index in [0.29, 0.717) is 6.61 Å². The van der Waals surface area contributed by atoms with Gasteiger partial charge >= 0.3 is 0 Å². The lowest BCUT2D eigenvalue weighted by atomic mass is 9.92. The molecule has 1 aliphatic heterocycles. The van der Waals surface area contributed by atoms with Gasteiger partial charge in [-0.2, -0.15) is 0 Å². The summed E-state index contributed by atoms with van der Waals surface area (Å²) in [4.78, 5) is 2.51. The van der Waals surface area contributed by atoms with Gasteiger partial charge in [0.1, 0.15) is 0 Å². The Morgan fingerprint density at radius 1 is 1.33 bits per heavy atom. The van der Waals surface area contributed by atoms with Gasteiger partial charge in [-0.1, -0.05) is 6.92 Å². The van der Waals surface area contributed by atoms with Crippen LogP contribution >= 0.6 is 0 Å². The van der Waals surface area contributed by atoms with E-state index in [0.717, 1.165) is 12.3 Å². The molecular weight excluding hydrogens is 150 g/mol. The predicted octanol–water partition coefficient (Wildman–Crippen LogP) is 1.49. The van der Waals surface area contributed by atoms with Gasteiger partial charge in [0, 0.05) is 6.61 Å². The SMILES string of the molecule is CCN1CCC(CCCO)CC1. The van der Waals surface area contributed by atoms with E-state index in [1.165, 1.54) is 38.9 Å². The first-order chi connectivity index (χ1) is 5.86. The second-order valence-electron chi connectivity index (χ2n) is 3.74. The van der Waals surface area contributed by atoms with E-state index in [4.69, 9.17) is 5.11 Å². The van der Waals surface area contributed by atoms with E-state index in [1.807, 2.05) is 0 Å². The Kier molecular flexibility index (Phi) is 4.62. The van der Waals surface area contributed by atoms with E-state index < -0.39 is 0 Å². The highest BCUT2D eigenvalue weighted by atomic mass is 16.2. The van der Waals surface area contributed by atoms with Crippen LogP contribution in [0, 0.1) is 5.92 Å². The number of hydrogen-bond donors (Lipinski definition) is 1. The highest BCUT2D eigenvalue weighted by Gasteiger charge is 2.16. The molecule has 0 aromatic heterocycles. The van der Waals surface area contributed by atoms with E-state index >= 15 is 0 Å². The third kappa shape index (κ3) is 3.11. The lowest BCUT2D eigenvalue weighted by molar-refractivity contribution is 0.176. The summed E-state index contributed by atoms with van der Waals surface area (Å²) in [6.07, 6.45) is 4.91. The van der Waals surface area contributed by atoms with Gasteiger partial charge in [0.15, 0.2) is 0 Å². The van der Waals surface area contributed by atoms with Gasteiger partial charge in [-0.15, -0.1) is 0 Å². The summed E-state index contributed by atoms with van der Waals surface area (Å²) < 4.78 is 0. The molecule has 0 bridgehead atoms. The molecule has 1 fully saturated rings. The van der Waals surface area contributed by atoms with Crippen LogP contribution in [-0.2, 0) is 0 Å². The van der Waals surface area contributed by atoms with Crippen LogP contribution in [0.25, 0.3) is 0 Å². The average Bonchev–Trinajstić information content (AvgIpc) is 2.15. The third-order valence-electron chi connectivity index (χ3n) is 2.92. The first kappa shape index (κ1) is 10.0. The van der Waals surface area contributed by atoms with Gasteiger partial charge in [0.05, 0.1) is 0 Å². The molecule has 0 atom stereocenters. The topological polar surface area (TPSA) is 23.5 Å². The summed E-state index contributed by atoms with van der Waals surface area (Å²) in [6, 6.07) is 0. The largest absolute Gasteiger partial charge is 0.396 e. The quantitative estimate of drug-likeness (QED) is 0.692. The fraction of sp³-hybridized carbons (Fsp3) is 1.00. The van der Waals surface area contributed by atoms with Gasteiger partial charge in [0.2, 0.25) is 0 Å². The van der Waals surface area contributed by atoms with E-state index in [2.05, 4.69) is 11.8 Å². The van der Waals surface area contributed by atoms with Crippen LogP contribution < -0.4 is 0 Å². The first-order valence-corrected chi connectivity index (χ1v) is 5.20. The number of rotatable bonds is 4. The summed E-state index contributed by atoms with van der Waals surface area (Å²) in [5, 5.41) is 8.68. The van der Waals surface area contributed by atoms with Crippen molar-refractivity contribution in [2.45, 2.75) is 32.6 Å². The van der Waals surface area contributed by atoms with Crippen LogP contribution in [0.4, 0.5) is 0 Å². The minimum Gasteiger partial charge on any atom is -0.396 e. The Morgan fingerprint density at radius 3 is 2.50 bits per heavy atom. The van der Waals surface area contributed by atoms with Crippen molar-refractivity contribution in [2.24, 2.45) is 5.92 Å². The molecule has 1 heterocycles. The Bertz CT molecular complexity index is 108. The van der Waals surface area contributed by atoms with Gasteiger partial charge < -0.3 is 10.0 Å². The lowest BCUT2D eigenvalue weighted by Crippen LogP contribution is -2.33. The zero-order chi connectivity index (χ0) is 8.81. The maximum absolute atomic E-state index is 8.68. The maximum atomic E-state index is 8.68. The number of aliphatic hydroxyl groups excluding tert-OH is 1. The minimum absolute atomic E-state index is 0.369. The number of aliphatic hydroxyl groups is 1. The van der Waals surface area contributed by atoms with Crippen molar-refractivity contribution in [1.29, 1.82) is 0 Å². The number of likely N-dealkylation sites (tertiary alicyclic amines) is 1. The lowest BCUT2D eigenvalue weighted by Gasteiger charge is -2.30. The summed E-state index contributed by atoms with van der Waals surface area (Å²) >= 11 is 0. The second kappa shape index (κ2) is 5.55. The molecular formula is C10H21NO. The Labute approximate surface area is 75.6 Å². The van der Waals surface area contributed by atoms with E-state index in [-0.39, 0.29) is 0 Å². The maximum Gasteiger partial charge on any atom is 0.0431 e. The molecule has 2 nitrogen and oxygen atoms in total. The number of nitrogens with zero attached hydrogens (tertiary/aromatic N) is 1. The number of hydrogen-bond acceptors (Lipinski definition) is 2. The number of piperidine rings is 1. The molecule has 72 valence electrons. The summed E-state index contributed by atoms with van der Waals surface area (Å²) in [6.45, 7) is 6.34. The molecule has 0 aliphatic carbocycles. The molecule has 1 aliphatic rings. The monoisotopic (exact) mass is 171 g/mol. The summed E-state index contributed by atoms with van der Waals surface area (Å²) in [5.74, 6) is 0.889. The molecule has 0 aromatic carbocycles. The molecule has 1 rings (SSSR count). The molecule has 0 spiro atoms. The van der Waals surface area contributed by atoms with Crippen LogP contribution in [-0.4, -0.2) is 36.2 Å². The minimum atomic E-state index is 0.369. The van der Waals surface area contributed by atoms with Crippen LogP contribution in [0.1, 0.15) is 32.6 Å². The standard InChI is InChI=1S/C10H21NO/c1-2-11-7-5-10(6-8-11)4-3-9-12/h10,12H,2-9H2,1H3. The van der Waals surface area contributed by atoms with Crippen molar-refractivity contribution < 1.29 is 5.11 Å². The Morgan fingerprint density at radius 2 is 2.00 bits per heavy atom. The van der Waals surface area contributed by atoms with Crippen LogP contribution in [0.5, 0.6) is 0 Å². The van der Waals surface area contributed by atoms with Gasteiger partial charge in [0.25, 0.3) is 0 Å². The summed E-state index contributed by atoms with van der Waals surface area (Å²) in [5.41, 5.74) is 0. The Hall–Kier alpha value is -0.0800. The highest BCUT2D eigenvalue weighted by molar-refractivity contribution is 4.71. The van der Waals surface area contributed by atoms with E-state index in [1.54, 1.807) is 0 Å². The van der Waals surface area contributed by atoms with Crippen LogP contribution in [0.2, 0.25) is 0 Å². The second-order valence-corrected chi connectivity index (χ2v) is 3.74. The molecule has 0 aromatic rings. The zero-order valence-corrected chi connectivity index (χ0v) is 8.13. The van der Waals surface area contributed by atoms with Crippen LogP contribution in [0.3, 0.4) is 0 Å². The molecule has 2 heteroatoms. The normalized spacial score (nSPS) is 21.5. The van der Waals surface area contributed by atoms with Crippen molar-refractivity contribution in [1.82, 2.24) is 4.90 Å². The molecule has 1 N–H and O–H groups in total. The van der Waals surface area contributed by atoms with Gasteiger partial charge in [-0.3, -0.25) is 0 Å². The zero-order valence-electron chi connectivity index (χ0n) is 8.13. The van der Waals surface area contributed by atoms with Crippen LogP contribution in [0.15, 0.2) is 0 Å². The molecule has 0 saturated carbocycles. The molecule has 1 saturated heterocycles. The molecule has 0 amide bonds. The van der Waals surface area contributed by atoms with E-state index in [9.17, 15) is 0 Å². The molecule has 0 unspecified atom stereocenters. The van der Waals surface area contributed by atoms with Crippen molar-refractivity contribution >= 4 is 0 Å². The average molecular weight is 171 g/mol. The Balaban J connectivity index is 2.09. The van der Waals surface area contributed by atoms with Gasteiger partial charge in [-0.25, -0.2) is 0 Å². The third-order valence-corrected chi connectivity index (χ3v) is 2.92. The molecule has 12 heavy (non-hydrogen) atoms. The fourth-order valence-corrected chi connectivity index (χ4v) is 1.97. The molecule has 0 radical (unpaired) electrons. The summed E-state index contributed by atoms with van der Waals surface area (Å²) in [7, 11) is 0. The van der Waals surface area contributed by atoms with Crippen molar-refractivity contribution in [3.8, 4) is 0 Å². The smallest absolute Gasteiger partial charge is 0.0431 e. The first-order valence-electron chi connectivity index (χ1n) is 5.20. The van der Waals surface area contributed by atoms with Gasteiger partial charge in [-0.05, 0) is 51.2 Å². The van der Waals surface area contributed by atoms with Crippen molar-refractivity contribution in [3.63, 3.8) is 0 Å². The fourth-order valence-electron chi connectivity index (χ4n) is 1.97. The predicted molar refractivity (Wildman–Crippen MR) is 51.2 cm³/mol. The van der Waals surface area contributed by atoms with Crippen molar-refractivity contribution in [3.05, 3.63) is 0 Å². The highest BCUT2D eigenvalue weighted by Crippen LogP contribution is 2.21. The van der Waals surface area contributed by atoms with Crippen molar-refractivity contribution in [2.75, 3.05) is 26.2 Å².